The molecular formula is C19H26ClFN2O3. The van der Waals surface area contributed by atoms with Crippen LogP contribution < -0.4 is 5.32 Å². The van der Waals surface area contributed by atoms with Crippen LogP contribution in [-0.4, -0.2) is 42.5 Å². The van der Waals surface area contributed by atoms with Crippen molar-refractivity contribution in [3.63, 3.8) is 0 Å². The van der Waals surface area contributed by atoms with Crippen molar-refractivity contribution in [3.05, 3.63) is 34.6 Å². The fourth-order valence-corrected chi connectivity index (χ4v) is 3.12. The number of esters is 1. The lowest BCUT2D eigenvalue weighted by Crippen LogP contribution is -2.47. The molecule has 0 heterocycles. The van der Waals surface area contributed by atoms with Crippen molar-refractivity contribution in [3.8, 4) is 0 Å². The summed E-state index contributed by atoms with van der Waals surface area (Å²) in [5, 5.41) is 3.10. The molecule has 2 rings (SSSR count). The molecule has 144 valence electrons. The van der Waals surface area contributed by atoms with Crippen LogP contribution >= 0.6 is 11.6 Å². The summed E-state index contributed by atoms with van der Waals surface area (Å²) in [4.78, 5) is 26.3. The van der Waals surface area contributed by atoms with E-state index in [1.165, 1.54) is 13.2 Å². The maximum absolute atomic E-state index is 14.1. The Labute approximate surface area is 158 Å². The Bertz CT molecular complexity index is 629. The summed E-state index contributed by atoms with van der Waals surface area (Å²) in [7, 11) is 1.30. The topological polar surface area (TPSA) is 58.6 Å². The second-order valence-corrected chi connectivity index (χ2v) is 7.52. The van der Waals surface area contributed by atoms with E-state index < -0.39 is 12.0 Å². The third-order valence-electron chi connectivity index (χ3n) is 4.36. The Morgan fingerprint density at radius 1 is 1.38 bits per heavy atom. The quantitative estimate of drug-likeness (QED) is 0.664. The average molecular weight is 385 g/mol. The second kappa shape index (κ2) is 9.33. The molecule has 1 N–H and O–H groups in total. The van der Waals surface area contributed by atoms with Crippen LogP contribution in [0.4, 0.5) is 4.39 Å². The lowest BCUT2D eigenvalue weighted by molar-refractivity contribution is -0.145. The zero-order valence-electron chi connectivity index (χ0n) is 15.4. The predicted molar refractivity (Wildman–Crippen MR) is 98.2 cm³/mol. The van der Waals surface area contributed by atoms with E-state index in [0.717, 1.165) is 12.8 Å². The molecule has 1 unspecified atom stereocenters. The van der Waals surface area contributed by atoms with Crippen molar-refractivity contribution in [2.45, 2.75) is 51.7 Å². The number of hydrogen-bond acceptors (Lipinski definition) is 4. The van der Waals surface area contributed by atoms with Gasteiger partial charge in [0.15, 0.2) is 0 Å². The lowest BCUT2D eigenvalue weighted by atomic mass is 10.0. The van der Waals surface area contributed by atoms with Crippen molar-refractivity contribution < 1.29 is 18.7 Å². The zero-order valence-corrected chi connectivity index (χ0v) is 16.2. The van der Waals surface area contributed by atoms with Gasteiger partial charge in [-0.2, -0.15) is 0 Å². The highest BCUT2D eigenvalue weighted by atomic mass is 35.5. The molecule has 0 aromatic heterocycles. The van der Waals surface area contributed by atoms with Gasteiger partial charge in [0.1, 0.15) is 11.9 Å². The highest BCUT2D eigenvalue weighted by Crippen LogP contribution is 2.30. The third-order valence-corrected chi connectivity index (χ3v) is 4.71. The Morgan fingerprint density at radius 3 is 2.62 bits per heavy atom. The fraction of sp³-hybridized carbons (Fsp3) is 0.579. The molecule has 1 saturated carbocycles. The Kier molecular flexibility index (Phi) is 7.41. The summed E-state index contributed by atoms with van der Waals surface area (Å²) in [5.41, 5.74) is 0.389. The second-order valence-electron chi connectivity index (χ2n) is 7.11. The summed E-state index contributed by atoms with van der Waals surface area (Å²) in [6.07, 6.45) is 2.43. The van der Waals surface area contributed by atoms with Gasteiger partial charge in [-0.25, -0.2) is 9.18 Å². The number of nitrogens with zero attached hydrogens (tertiary/aromatic N) is 1. The number of rotatable bonds is 9. The van der Waals surface area contributed by atoms with Gasteiger partial charge in [-0.05, 0) is 37.3 Å². The van der Waals surface area contributed by atoms with Crippen molar-refractivity contribution >= 4 is 23.5 Å². The molecule has 1 amide bonds. The first kappa shape index (κ1) is 20.6. The number of ether oxygens (including phenoxy) is 1. The van der Waals surface area contributed by atoms with Crippen LogP contribution in [0, 0.1) is 11.7 Å². The van der Waals surface area contributed by atoms with Crippen LogP contribution in [0.1, 0.15) is 38.7 Å². The molecule has 1 fully saturated rings. The molecule has 0 bridgehead atoms. The molecule has 1 aliphatic carbocycles. The highest BCUT2D eigenvalue weighted by molar-refractivity contribution is 6.31. The molecule has 0 aliphatic heterocycles. The minimum absolute atomic E-state index is 0.0842. The number of carbonyl (C=O) groups is 2. The van der Waals surface area contributed by atoms with Crippen LogP contribution in [-0.2, 0) is 20.9 Å². The van der Waals surface area contributed by atoms with Gasteiger partial charge in [-0.1, -0.05) is 31.5 Å². The molecule has 0 radical (unpaired) electrons. The Morgan fingerprint density at radius 2 is 2.08 bits per heavy atom. The normalized spacial score (nSPS) is 15.2. The van der Waals surface area contributed by atoms with Gasteiger partial charge in [-0.15, -0.1) is 0 Å². The minimum Gasteiger partial charge on any atom is -0.467 e. The molecule has 1 aromatic carbocycles. The Balaban J connectivity index is 2.02. The number of halogens is 2. The van der Waals surface area contributed by atoms with E-state index in [0.29, 0.717) is 17.0 Å². The fourth-order valence-electron chi connectivity index (χ4n) is 2.89. The van der Waals surface area contributed by atoms with Crippen molar-refractivity contribution in [1.29, 1.82) is 0 Å². The van der Waals surface area contributed by atoms with Gasteiger partial charge >= 0.3 is 5.97 Å². The first-order valence-electron chi connectivity index (χ1n) is 8.86. The van der Waals surface area contributed by atoms with Gasteiger partial charge in [0, 0.05) is 23.2 Å². The summed E-state index contributed by atoms with van der Waals surface area (Å²) in [6.45, 7) is 4.29. The van der Waals surface area contributed by atoms with Gasteiger partial charge in [-0.3, -0.25) is 9.69 Å². The summed E-state index contributed by atoms with van der Waals surface area (Å²) >= 11 is 6.11. The molecule has 0 saturated heterocycles. The summed E-state index contributed by atoms with van der Waals surface area (Å²) in [5.74, 6) is -0.880. The first-order valence-corrected chi connectivity index (χ1v) is 9.23. The maximum atomic E-state index is 14.1. The number of benzene rings is 1. The molecule has 0 spiro atoms. The van der Waals surface area contributed by atoms with E-state index in [-0.39, 0.29) is 36.8 Å². The molecule has 1 aliphatic rings. The van der Waals surface area contributed by atoms with Crippen molar-refractivity contribution in [2.24, 2.45) is 5.92 Å². The van der Waals surface area contributed by atoms with Gasteiger partial charge in [0.2, 0.25) is 5.91 Å². The van der Waals surface area contributed by atoms with Gasteiger partial charge in [0.25, 0.3) is 0 Å². The van der Waals surface area contributed by atoms with Gasteiger partial charge < -0.3 is 10.1 Å². The lowest BCUT2D eigenvalue weighted by Gasteiger charge is -2.24. The van der Waals surface area contributed by atoms with Crippen LogP contribution in [0.15, 0.2) is 18.2 Å². The zero-order chi connectivity index (χ0) is 19.3. The maximum Gasteiger partial charge on any atom is 0.328 e. The number of hydrogen-bond donors (Lipinski definition) is 1. The molecule has 1 atom stereocenters. The van der Waals surface area contributed by atoms with E-state index in [2.05, 4.69) is 5.32 Å². The van der Waals surface area contributed by atoms with E-state index in [4.69, 9.17) is 16.3 Å². The smallest absolute Gasteiger partial charge is 0.328 e. The minimum atomic E-state index is -0.675. The molecule has 7 heteroatoms. The average Bonchev–Trinajstić information content (AvgIpc) is 3.40. The number of amides is 1. The molecule has 26 heavy (non-hydrogen) atoms. The van der Waals surface area contributed by atoms with Crippen LogP contribution in [0.3, 0.4) is 0 Å². The van der Waals surface area contributed by atoms with Crippen LogP contribution in [0.25, 0.3) is 0 Å². The molecule has 1 aromatic rings. The van der Waals surface area contributed by atoms with Crippen molar-refractivity contribution in [1.82, 2.24) is 10.2 Å². The van der Waals surface area contributed by atoms with E-state index in [1.807, 2.05) is 18.7 Å². The van der Waals surface area contributed by atoms with E-state index >= 15 is 0 Å². The monoisotopic (exact) mass is 384 g/mol. The van der Waals surface area contributed by atoms with Crippen LogP contribution in [0.5, 0.6) is 0 Å². The van der Waals surface area contributed by atoms with Gasteiger partial charge in [0.05, 0.1) is 13.7 Å². The Hall–Kier alpha value is -1.66. The highest BCUT2D eigenvalue weighted by Gasteiger charge is 2.32. The largest absolute Gasteiger partial charge is 0.467 e. The first-order chi connectivity index (χ1) is 12.3. The van der Waals surface area contributed by atoms with Crippen molar-refractivity contribution in [2.75, 3.05) is 13.7 Å². The van der Waals surface area contributed by atoms with Crippen LogP contribution in [0.2, 0.25) is 5.02 Å². The molecular weight excluding hydrogens is 359 g/mol. The summed E-state index contributed by atoms with van der Waals surface area (Å²) < 4.78 is 18.8. The van der Waals surface area contributed by atoms with E-state index in [9.17, 15) is 14.0 Å². The predicted octanol–water partition coefficient (Wildman–Crippen LogP) is 3.15. The molecule has 5 nitrogen and oxygen atoms in total. The third kappa shape index (κ3) is 5.95. The standard InChI is InChI=1S/C19H26ClFN2O3/c1-12(2)9-17(19(25)26-3)22-18(24)11-23(13-7-8-13)10-14-15(20)5-4-6-16(14)21/h4-6,12-13,17H,7-11H2,1-3H3,(H,22,24). The summed E-state index contributed by atoms with van der Waals surface area (Å²) in [6, 6.07) is 4.12. The van der Waals surface area contributed by atoms with E-state index in [1.54, 1.807) is 12.1 Å². The SMILES string of the molecule is COC(=O)C(CC(C)C)NC(=O)CN(Cc1c(F)cccc1Cl)C1CC1. The number of methoxy groups -OCH3 is 1. The number of carbonyl (C=O) groups excluding carboxylic acids is 2. The number of nitrogens with one attached hydrogen (secondary N) is 1.